The smallest absolute Gasteiger partial charge is 0.122 e. The van der Waals surface area contributed by atoms with Gasteiger partial charge in [-0.2, -0.15) is 0 Å². The minimum atomic E-state index is 0.638. The quantitative estimate of drug-likeness (QED) is 0.634. The van der Waals surface area contributed by atoms with Gasteiger partial charge in [0.2, 0.25) is 0 Å². The Morgan fingerprint density at radius 1 is 1.62 bits per heavy atom. The van der Waals surface area contributed by atoms with Crippen molar-refractivity contribution in [2.75, 3.05) is 0 Å². The van der Waals surface area contributed by atoms with E-state index in [1.165, 1.54) is 0 Å². The number of H-pyrrole nitrogens is 1. The molecule has 0 amide bonds. The first-order valence-electron chi connectivity index (χ1n) is 1.99. The van der Waals surface area contributed by atoms with Crippen molar-refractivity contribution < 1.29 is 0 Å². The molecule has 0 atom stereocenters. The number of hydrogen-bond donors (Lipinski definition) is 1. The van der Waals surface area contributed by atoms with E-state index in [9.17, 15) is 0 Å². The van der Waals surface area contributed by atoms with E-state index < -0.39 is 0 Å². The first-order valence-corrected chi connectivity index (χ1v) is 3.19. The Morgan fingerprint density at radius 2 is 2.38 bits per heavy atom. The van der Waals surface area contributed by atoms with Crippen LogP contribution in [0.15, 0.2) is 17.0 Å². The Labute approximate surface area is 60.1 Å². The third kappa shape index (κ3) is 1.38. The van der Waals surface area contributed by atoms with Crippen LogP contribution in [0.3, 0.4) is 0 Å². The minimum absolute atomic E-state index is 0.638. The predicted octanol–water partition coefficient (Wildman–Crippen LogP) is 1.90. The van der Waals surface area contributed by atoms with Crippen LogP contribution < -0.4 is 0 Å². The van der Waals surface area contributed by atoms with Crippen molar-refractivity contribution in [2.45, 2.75) is 0 Å². The van der Waals surface area contributed by atoms with Crippen molar-refractivity contribution >= 4 is 28.1 Å². The van der Waals surface area contributed by atoms with Crippen LogP contribution in [0.25, 0.3) is 0 Å². The van der Waals surface area contributed by atoms with E-state index in [0.29, 0.717) is 4.64 Å². The van der Waals surface area contributed by atoms with E-state index in [-0.39, 0.29) is 0 Å². The van der Waals surface area contributed by atoms with Crippen molar-refractivity contribution in [1.82, 2.24) is 9.97 Å². The lowest BCUT2D eigenvalue weighted by molar-refractivity contribution is 1.14. The molecular weight excluding hydrogens is 188 g/mol. The van der Waals surface area contributed by atoms with Crippen LogP contribution in [0, 0.1) is 4.64 Å². The number of halogens is 1. The number of hydrogen-bond acceptors (Lipinski definition) is 2. The van der Waals surface area contributed by atoms with Gasteiger partial charge in [0, 0.05) is 0 Å². The maximum Gasteiger partial charge on any atom is 0.122 e. The average molecular weight is 191 g/mol. The minimum Gasteiger partial charge on any atom is -0.338 e. The summed E-state index contributed by atoms with van der Waals surface area (Å²) in [5.74, 6) is 0. The second-order valence-electron chi connectivity index (χ2n) is 1.24. The van der Waals surface area contributed by atoms with Gasteiger partial charge in [0.15, 0.2) is 0 Å². The van der Waals surface area contributed by atoms with Gasteiger partial charge in [0.1, 0.15) is 9.24 Å². The molecule has 1 aromatic rings. The van der Waals surface area contributed by atoms with E-state index in [2.05, 4.69) is 25.9 Å². The van der Waals surface area contributed by atoms with Crippen molar-refractivity contribution in [3.8, 4) is 0 Å². The van der Waals surface area contributed by atoms with Gasteiger partial charge in [-0.1, -0.05) is 12.2 Å². The molecule has 0 aliphatic rings. The summed E-state index contributed by atoms with van der Waals surface area (Å²) in [6, 6.07) is 0. The highest BCUT2D eigenvalue weighted by Crippen LogP contribution is 1.99. The Kier molecular flexibility index (Phi) is 1.75. The summed E-state index contributed by atoms with van der Waals surface area (Å²) < 4.78 is 1.45. The largest absolute Gasteiger partial charge is 0.338 e. The summed E-state index contributed by atoms with van der Waals surface area (Å²) in [6.07, 6.45) is 3.23. The van der Waals surface area contributed by atoms with Crippen molar-refractivity contribution in [3.63, 3.8) is 0 Å². The van der Waals surface area contributed by atoms with E-state index >= 15 is 0 Å². The highest BCUT2D eigenvalue weighted by Gasteiger charge is 1.79. The monoisotopic (exact) mass is 190 g/mol. The van der Waals surface area contributed by atoms with Gasteiger partial charge in [0.25, 0.3) is 0 Å². The Balaban J connectivity index is 3.28. The van der Waals surface area contributed by atoms with Gasteiger partial charge in [-0.25, -0.2) is 0 Å². The summed E-state index contributed by atoms with van der Waals surface area (Å²) >= 11 is 7.93. The SMILES string of the molecule is S=c1cncc(Br)[nH]1. The van der Waals surface area contributed by atoms with Gasteiger partial charge >= 0.3 is 0 Å². The van der Waals surface area contributed by atoms with Crippen LogP contribution in [-0.2, 0) is 0 Å². The normalized spacial score (nSPS) is 9.12. The molecule has 42 valence electrons. The summed E-state index contributed by atoms with van der Waals surface area (Å²) in [6.45, 7) is 0. The first-order chi connectivity index (χ1) is 3.79. The third-order valence-electron chi connectivity index (χ3n) is 0.622. The molecule has 8 heavy (non-hydrogen) atoms. The summed E-state index contributed by atoms with van der Waals surface area (Å²) in [5.41, 5.74) is 0. The van der Waals surface area contributed by atoms with Gasteiger partial charge in [-0.15, -0.1) is 0 Å². The molecule has 1 rings (SSSR count). The maximum absolute atomic E-state index is 4.75. The second kappa shape index (κ2) is 2.37. The first kappa shape index (κ1) is 5.91. The molecule has 0 aliphatic heterocycles. The van der Waals surface area contributed by atoms with E-state index in [1.54, 1.807) is 12.4 Å². The Bertz CT molecular complexity index is 231. The zero-order valence-corrected chi connectivity index (χ0v) is 6.29. The van der Waals surface area contributed by atoms with Crippen LogP contribution in [0.2, 0.25) is 0 Å². The highest BCUT2D eigenvalue weighted by atomic mass is 79.9. The molecule has 0 saturated heterocycles. The zero-order valence-electron chi connectivity index (χ0n) is 3.89. The number of nitrogens with one attached hydrogen (secondary N) is 1. The van der Waals surface area contributed by atoms with Crippen LogP contribution >= 0.6 is 28.1 Å². The summed E-state index contributed by atoms with van der Waals surface area (Å²) in [7, 11) is 0. The molecule has 0 spiro atoms. The standard InChI is InChI=1S/C4H3BrN2S/c5-3-1-6-2-4(8)7-3/h1-2H,(H,7,8). The van der Waals surface area contributed by atoms with E-state index in [4.69, 9.17) is 12.2 Å². The lowest BCUT2D eigenvalue weighted by Gasteiger charge is -1.84. The van der Waals surface area contributed by atoms with Crippen LogP contribution in [-0.4, -0.2) is 9.97 Å². The Hall–Kier alpha value is -0.220. The lowest BCUT2D eigenvalue weighted by atomic mass is 10.8. The molecule has 0 radical (unpaired) electrons. The maximum atomic E-state index is 4.75. The van der Waals surface area contributed by atoms with Crippen LogP contribution in [0.5, 0.6) is 0 Å². The second-order valence-corrected chi connectivity index (χ2v) is 2.54. The number of nitrogens with zero attached hydrogens (tertiary/aromatic N) is 1. The fourth-order valence-electron chi connectivity index (χ4n) is 0.353. The van der Waals surface area contributed by atoms with Crippen molar-refractivity contribution in [1.29, 1.82) is 0 Å². The van der Waals surface area contributed by atoms with Gasteiger partial charge in [0.05, 0.1) is 12.4 Å². The predicted molar refractivity (Wildman–Crippen MR) is 37.1 cm³/mol. The molecule has 0 fully saturated rings. The molecule has 0 aromatic carbocycles. The molecular formula is C4H3BrN2S. The highest BCUT2D eigenvalue weighted by molar-refractivity contribution is 9.10. The number of aromatic amines is 1. The number of aromatic nitrogens is 2. The average Bonchev–Trinajstić information content (AvgIpc) is 1.64. The summed E-state index contributed by atoms with van der Waals surface area (Å²) in [4.78, 5) is 6.64. The molecule has 0 aliphatic carbocycles. The molecule has 4 heteroatoms. The fraction of sp³-hybridized carbons (Fsp3) is 0. The molecule has 1 N–H and O–H groups in total. The lowest BCUT2D eigenvalue weighted by Crippen LogP contribution is -1.76. The van der Waals surface area contributed by atoms with Crippen molar-refractivity contribution in [3.05, 3.63) is 21.6 Å². The molecule has 0 bridgehead atoms. The molecule has 2 nitrogen and oxygen atoms in total. The van der Waals surface area contributed by atoms with Gasteiger partial charge in [-0.3, -0.25) is 4.98 Å². The van der Waals surface area contributed by atoms with Gasteiger partial charge < -0.3 is 4.98 Å². The van der Waals surface area contributed by atoms with Crippen molar-refractivity contribution in [2.24, 2.45) is 0 Å². The third-order valence-corrected chi connectivity index (χ3v) is 1.23. The number of rotatable bonds is 0. The fourth-order valence-corrected chi connectivity index (χ4v) is 0.986. The molecule has 0 saturated carbocycles. The topological polar surface area (TPSA) is 28.7 Å². The zero-order chi connectivity index (χ0) is 5.98. The molecule has 0 unspecified atom stereocenters. The molecule has 1 aromatic heterocycles. The summed E-state index contributed by atoms with van der Waals surface area (Å²) in [5, 5.41) is 0. The van der Waals surface area contributed by atoms with Gasteiger partial charge in [-0.05, 0) is 15.9 Å². The van der Waals surface area contributed by atoms with Crippen LogP contribution in [0.1, 0.15) is 0 Å². The van der Waals surface area contributed by atoms with Crippen LogP contribution in [0.4, 0.5) is 0 Å². The Morgan fingerprint density at radius 3 is 2.75 bits per heavy atom. The van der Waals surface area contributed by atoms with E-state index in [0.717, 1.165) is 4.60 Å². The molecule has 1 heterocycles. The van der Waals surface area contributed by atoms with E-state index in [1.807, 2.05) is 0 Å².